The van der Waals surface area contributed by atoms with Crippen molar-refractivity contribution in [3.05, 3.63) is 104 Å². The minimum absolute atomic E-state index is 0.0236. The second-order valence-electron chi connectivity index (χ2n) is 11.1. The summed E-state index contributed by atoms with van der Waals surface area (Å²) in [6.07, 6.45) is 6.56. The van der Waals surface area contributed by atoms with E-state index < -0.39 is 11.6 Å². The minimum atomic E-state index is -0.779. The van der Waals surface area contributed by atoms with Crippen LogP contribution in [0.3, 0.4) is 0 Å². The molecule has 0 aliphatic heterocycles. The van der Waals surface area contributed by atoms with E-state index in [2.05, 4.69) is 71.0 Å². The monoisotopic (exact) mass is 562 g/mol. The normalized spacial score (nSPS) is 10.9. The number of carboxylic acid groups (broad SMARTS) is 1. The molecule has 0 bridgehead atoms. The number of carbonyl (C=O) groups excluding carboxylic acids is 1. The van der Waals surface area contributed by atoms with E-state index in [-0.39, 0.29) is 18.0 Å². The van der Waals surface area contributed by atoms with Crippen LogP contribution in [0.15, 0.2) is 48.5 Å². The van der Waals surface area contributed by atoms with Crippen LogP contribution >= 0.6 is 0 Å². The first-order valence-electron chi connectivity index (χ1n) is 14.2. The third-order valence-corrected chi connectivity index (χ3v) is 6.47. The number of Topliss-reactive ketones (excluding diaryl/α,β-unsaturated/α-hetero) is 1. The van der Waals surface area contributed by atoms with Crippen molar-refractivity contribution in [2.45, 2.75) is 93.6 Å². The highest BCUT2D eigenvalue weighted by molar-refractivity contribution is 5.95. The summed E-state index contributed by atoms with van der Waals surface area (Å²) in [5.41, 5.74) is 9.34. The molecule has 0 unspecified atom stereocenters. The number of benzene rings is 3. The summed E-state index contributed by atoms with van der Waals surface area (Å²) in [5, 5.41) is 17.9. The average molecular weight is 563 g/mol. The van der Waals surface area contributed by atoms with Gasteiger partial charge in [0.05, 0.1) is 12.0 Å². The number of hydrogen-bond acceptors (Lipinski definition) is 3. The van der Waals surface area contributed by atoms with E-state index >= 15 is 0 Å². The molecule has 4 nitrogen and oxygen atoms in total. The molecule has 0 atom stereocenters. The first kappa shape index (κ1) is 35.5. The molecule has 3 aromatic carbocycles. The smallest absolute Gasteiger partial charge is 0.307 e. The van der Waals surface area contributed by atoms with Gasteiger partial charge in [0, 0.05) is 12.0 Å². The molecule has 222 valence electrons. The van der Waals surface area contributed by atoms with E-state index in [1.807, 2.05) is 0 Å². The Morgan fingerprint density at radius 2 is 1.37 bits per heavy atom. The summed E-state index contributed by atoms with van der Waals surface area (Å²) in [6, 6.07) is 14.1. The molecule has 0 saturated carbocycles. The molecule has 3 rings (SSSR count). The van der Waals surface area contributed by atoms with Crippen molar-refractivity contribution >= 4 is 23.9 Å². The van der Waals surface area contributed by atoms with Crippen LogP contribution in [0.5, 0.6) is 0 Å². The standard InChI is InChI=1S/C23H28O2.C9H9FO.C4H10O/c1-6-19-16(4)21(13-12-18-10-8-15(3)9-11-18)22(14-23(24)25)17(5)20(19)7-2;1-2-9(11)7-4-3-5-8(10)6-7;1-4(2,3)5/h8-13H,6-7,14H2,1-5H3,(H,24,25);3-6H,2H2,1H3;5H,1-3H3/b13-12+;;. The molecule has 0 aliphatic carbocycles. The number of halogens is 1. The van der Waals surface area contributed by atoms with Gasteiger partial charge in [-0.2, -0.15) is 0 Å². The number of carbonyl (C=O) groups is 2. The molecule has 0 aromatic heterocycles. The van der Waals surface area contributed by atoms with Gasteiger partial charge in [0.15, 0.2) is 5.78 Å². The van der Waals surface area contributed by atoms with Crippen molar-refractivity contribution < 1.29 is 24.2 Å². The zero-order chi connectivity index (χ0) is 31.3. The Morgan fingerprint density at radius 3 is 1.83 bits per heavy atom. The van der Waals surface area contributed by atoms with Crippen LogP contribution in [0.1, 0.15) is 103 Å². The Bertz CT molecular complexity index is 1320. The molecule has 0 radical (unpaired) electrons. The molecule has 41 heavy (non-hydrogen) atoms. The highest BCUT2D eigenvalue weighted by atomic mass is 19.1. The summed E-state index contributed by atoms with van der Waals surface area (Å²) in [5.74, 6) is -1.16. The molecular formula is C36H47FO4. The highest BCUT2D eigenvalue weighted by Crippen LogP contribution is 2.30. The van der Waals surface area contributed by atoms with Crippen molar-refractivity contribution in [3.8, 4) is 0 Å². The van der Waals surface area contributed by atoms with Gasteiger partial charge >= 0.3 is 5.97 Å². The predicted octanol–water partition coefficient (Wildman–Crippen LogP) is 8.73. The van der Waals surface area contributed by atoms with Gasteiger partial charge in [-0.15, -0.1) is 0 Å². The average Bonchev–Trinajstić information content (AvgIpc) is 2.89. The van der Waals surface area contributed by atoms with Crippen molar-refractivity contribution in [1.82, 2.24) is 0 Å². The fraction of sp³-hybridized carbons (Fsp3) is 0.389. The topological polar surface area (TPSA) is 74.6 Å². The van der Waals surface area contributed by atoms with Crippen LogP contribution in [0.4, 0.5) is 4.39 Å². The second-order valence-corrected chi connectivity index (χ2v) is 11.1. The summed E-state index contributed by atoms with van der Waals surface area (Å²) < 4.78 is 12.5. The summed E-state index contributed by atoms with van der Waals surface area (Å²) >= 11 is 0. The summed E-state index contributed by atoms with van der Waals surface area (Å²) in [7, 11) is 0. The largest absolute Gasteiger partial charge is 0.481 e. The minimum Gasteiger partial charge on any atom is -0.481 e. The number of rotatable bonds is 8. The van der Waals surface area contributed by atoms with Crippen molar-refractivity contribution in [2.24, 2.45) is 0 Å². The van der Waals surface area contributed by atoms with Crippen LogP contribution in [-0.2, 0) is 24.1 Å². The second kappa shape index (κ2) is 16.6. The highest BCUT2D eigenvalue weighted by Gasteiger charge is 2.18. The van der Waals surface area contributed by atoms with E-state index in [9.17, 15) is 19.1 Å². The lowest BCUT2D eigenvalue weighted by Gasteiger charge is -2.21. The molecule has 0 spiro atoms. The number of carboxylic acids is 1. The van der Waals surface area contributed by atoms with Crippen LogP contribution in [0, 0.1) is 26.6 Å². The van der Waals surface area contributed by atoms with Gasteiger partial charge in [0.2, 0.25) is 0 Å². The maximum Gasteiger partial charge on any atom is 0.307 e. The lowest BCUT2D eigenvalue weighted by atomic mass is 9.84. The fourth-order valence-corrected chi connectivity index (χ4v) is 4.51. The molecular weight excluding hydrogens is 515 g/mol. The fourth-order valence-electron chi connectivity index (χ4n) is 4.51. The Labute approximate surface area is 246 Å². The van der Waals surface area contributed by atoms with Gasteiger partial charge in [-0.1, -0.05) is 74.9 Å². The zero-order valence-electron chi connectivity index (χ0n) is 26.2. The number of hydrogen-bond donors (Lipinski definition) is 2. The van der Waals surface area contributed by atoms with Gasteiger partial charge in [-0.3, -0.25) is 9.59 Å². The van der Waals surface area contributed by atoms with E-state index in [1.165, 1.54) is 40.5 Å². The van der Waals surface area contributed by atoms with Crippen LogP contribution in [0.2, 0.25) is 0 Å². The van der Waals surface area contributed by atoms with Crippen LogP contribution in [-0.4, -0.2) is 27.6 Å². The maximum atomic E-state index is 12.5. The van der Waals surface area contributed by atoms with Crippen molar-refractivity contribution in [1.29, 1.82) is 0 Å². The Balaban J connectivity index is 0.000000431. The number of aliphatic carboxylic acids is 1. The molecule has 0 saturated heterocycles. The lowest BCUT2D eigenvalue weighted by molar-refractivity contribution is -0.136. The Hall–Kier alpha value is -3.57. The van der Waals surface area contributed by atoms with Gasteiger partial charge in [0.25, 0.3) is 0 Å². The molecule has 2 N–H and O–H groups in total. The van der Waals surface area contributed by atoms with E-state index in [1.54, 1.807) is 33.8 Å². The Morgan fingerprint density at radius 1 is 0.829 bits per heavy atom. The molecule has 0 heterocycles. The summed E-state index contributed by atoms with van der Waals surface area (Å²) in [4.78, 5) is 22.4. The summed E-state index contributed by atoms with van der Waals surface area (Å²) in [6.45, 7) is 17.6. The van der Waals surface area contributed by atoms with Gasteiger partial charge < -0.3 is 10.2 Å². The van der Waals surface area contributed by atoms with E-state index in [0.29, 0.717) is 12.0 Å². The van der Waals surface area contributed by atoms with Gasteiger partial charge in [0.1, 0.15) is 5.82 Å². The number of ketones is 1. The first-order chi connectivity index (χ1) is 19.1. The zero-order valence-corrected chi connectivity index (χ0v) is 26.2. The van der Waals surface area contributed by atoms with Crippen molar-refractivity contribution in [3.63, 3.8) is 0 Å². The number of aliphatic hydroxyl groups is 1. The van der Waals surface area contributed by atoms with E-state index in [0.717, 1.165) is 35.1 Å². The number of aryl methyl sites for hydroxylation is 1. The molecule has 0 fully saturated rings. The Kier molecular flexibility index (Phi) is 14.4. The van der Waals surface area contributed by atoms with Gasteiger partial charge in [-0.05, 0) is 105 Å². The van der Waals surface area contributed by atoms with Crippen LogP contribution in [0.25, 0.3) is 12.2 Å². The first-order valence-corrected chi connectivity index (χ1v) is 14.2. The molecule has 3 aromatic rings. The molecule has 5 heteroatoms. The van der Waals surface area contributed by atoms with Crippen LogP contribution < -0.4 is 0 Å². The molecule has 0 amide bonds. The lowest BCUT2D eigenvalue weighted by Crippen LogP contribution is -2.11. The third kappa shape index (κ3) is 12.2. The third-order valence-electron chi connectivity index (χ3n) is 6.47. The predicted molar refractivity (Wildman–Crippen MR) is 169 cm³/mol. The molecule has 0 aliphatic rings. The van der Waals surface area contributed by atoms with E-state index in [4.69, 9.17) is 5.11 Å². The van der Waals surface area contributed by atoms with Gasteiger partial charge in [-0.25, -0.2) is 4.39 Å². The van der Waals surface area contributed by atoms with Crippen molar-refractivity contribution in [2.75, 3.05) is 0 Å². The quantitative estimate of drug-likeness (QED) is 0.213. The SMILES string of the molecule is CC(C)(C)O.CCC(=O)c1cccc(F)c1.CCc1c(C)c(/C=C/c2ccc(C)cc2)c(CC(=O)O)c(C)c1CC. The maximum absolute atomic E-state index is 12.5.